The van der Waals surface area contributed by atoms with Crippen molar-refractivity contribution >= 4 is 11.2 Å². The predicted octanol–water partition coefficient (Wildman–Crippen LogP) is 1.27. The summed E-state index contributed by atoms with van der Waals surface area (Å²) in [6.07, 6.45) is 3.51. The van der Waals surface area contributed by atoms with Crippen LogP contribution in [0.25, 0.3) is 11.2 Å². The van der Waals surface area contributed by atoms with Crippen molar-refractivity contribution in [1.29, 1.82) is 0 Å². The first kappa shape index (κ1) is 6.34. The van der Waals surface area contributed by atoms with Gasteiger partial charge in [-0.05, 0) is 19.1 Å². The van der Waals surface area contributed by atoms with E-state index in [1.807, 2.05) is 16.7 Å². The van der Waals surface area contributed by atoms with Crippen LogP contribution in [0.2, 0.25) is 0 Å². The van der Waals surface area contributed by atoms with E-state index in [4.69, 9.17) is 0 Å². The number of hydrogen-bond acceptors (Lipinski definition) is 2. The van der Waals surface area contributed by atoms with Crippen LogP contribution >= 0.6 is 0 Å². The Morgan fingerprint density at radius 2 is 2.36 bits per heavy atom. The second kappa shape index (κ2) is 2.34. The predicted molar refractivity (Wildman–Crippen MR) is 42.9 cm³/mol. The Kier molecular flexibility index (Phi) is 1.35. The van der Waals surface area contributed by atoms with Crippen LogP contribution in [0.15, 0.2) is 24.7 Å². The quantitative estimate of drug-likeness (QED) is 0.606. The van der Waals surface area contributed by atoms with E-state index in [0.29, 0.717) is 6.54 Å². The molecule has 2 aromatic heterocycles. The number of imidazole rings is 1. The zero-order valence-corrected chi connectivity index (χ0v) is 6.07. The molecule has 0 N–H and O–H groups in total. The van der Waals surface area contributed by atoms with Crippen LogP contribution in [-0.4, -0.2) is 14.5 Å². The molecule has 2 aromatic rings. The number of nitrogens with zero attached hydrogens (tertiary/aromatic N) is 3. The first-order valence-electron chi connectivity index (χ1n) is 3.47. The van der Waals surface area contributed by atoms with Gasteiger partial charge in [-0.3, -0.25) is 0 Å². The molecular weight excluding hydrogens is 138 g/mol. The summed E-state index contributed by atoms with van der Waals surface area (Å²) in [5.41, 5.74) is 1.83. The molecule has 0 atom stereocenters. The van der Waals surface area contributed by atoms with E-state index in [1.54, 1.807) is 12.5 Å². The van der Waals surface area contributed by atoms with Crippen LogP contribution < -0.4 is 0 Å². The Hall–Kier alpha value is -1.38. The van der Waals surface area contributed by atoms with Crippen molar-refractivity contribution in [3.05, 3.63) is 31.6 Å². The van der Waals surface area contributed by atoms with Crippen LogP contribution in [-0.2, 0) is 6.54 Å². The number of hydrogen-bond donors (Lipinski definition) is 0. The van der Waals surface area contributed by atoms with E-state index in [9.17, 15) is 0 Å². The van der Waals surface area contributed by atoms with Gasteiger partial charge in [-0.2, -0.15) is 0 Å². The van der Waals surface area contributed by atoms with Gasteiger partial charge in [0.15, 0.2) is 5.65 Å². The van der Waals surface area contributed by atoms with Crippen molar-refractivity contribution in [2.24, 2.45) is 0 Å². The second-order valence-electron chi connectivity index (χ2n) is 2.28. The lowest BCUT2D eigenvalue weighted by molar-refractivity contribution is 0.835. The number of aromatic nitrogens is 3. The lowest BCUT2D eigenvalue weighted by Gasteiger charge is -1.94. The minimum absolute atomic E-state index is 0.674. The van der Waals surface area contributed by atoms with E-state index in [-0.39, 0.29) is 0 Å². The molecule has 3 heteroatoms. The number of fused-ring (bicyclic) bond motifs is 1. The summed E-state index contributed by atoms with van der Waals surface area (Å²) in [5.74, 6) is 0. The highest BCUT2D eigenvalue weighted by Crippen LogP contribution is 2.07. The maximum absolute atomic E-state index is 4.17. The summed E-state index contributed by atoms with van der Waals surface area (Å²) in [5, 5.41) is 0. The molecule has 0 bridgehead atoms. The SMILES string of the molecule is [CH2]Cn1cnc2cccnc21. The lowest BCUT2D eigenvalue weighted by Crippen LogP contribution is -1.92. The molecule has 0 amide bonds. The minimum Gasteiger partial charge on any atom is -0.315 e. The first-order chi connectivity index (χ1) is 5.42. The highest BCUT2D eigenvalue weighted by molar-refractivity contribution is 5.69. The van der Waals surface area contributed by atoms with Crippen molar-refractivity contribution in [1.82, 2.24) is 14.5 Å². The zero-order valence-electron chi connectivity index (χ0n) is 6.07. The van der Waals surface area contributed by atoms with Gasteiger partial charge in [0.25, 0.3) is 0 Å². The molecule has 0 aliphatic rings. The lowest BCUT2D eigenvalue weighted by atomic mass is 10.4. The molecule has 2 rings (SSSR count). The van der Waals surface area contributed by atoms with Gasteiger partial charge in [-0.25, -0.2) is 9.97 Å². The summed E-state index contributed by atoms with van der Waals surface area (Å²) >= 11 is 0. The molecule has 0 saturated heterocycles. The minimum atomic E-state index is 0.674. The third-order valence-corrected chi connectivity index (χ3v) is 1.62. The Labute approximate surface area is 64.7 Å². The van der Waals surface area contributed by atoms with Crippen LogP contribution in [0.4, 0.5) is 0 Å². The van der Waals surface area contributed by atoms with E-state index < -0.39 is 0 Å². The molecule has 0 aliphatic carbocycles. The van der Waals surface area contributed by atoms with Crippen molar-refractivity contribution in [3.63, 3.8) is 0 Å². The first-order valence-corrected chi connectivity index (χ1v) is 3.47. The molecular formula is C8H8N3. The van der Waals surface area contributed by atoms with Crippen molar-refractivity contribution in [2.75, 3.05) is 0 Å². The zero-order chi connectivity index (χ0) is 7.68. The van der Waals surface area contributed by atoms with Gasteiger partial charge in [0.1, 0.15) is 5.52 Å². The molecule has 0 aliphatic heterocycles. The third-order valence-electron chi connectivity index (χ3n) is 1.62. The summed E-state index contributed by atoms with van der Waals surface area (Å²) in [6, 6.07) is 3.82. The molecule has 0 fully saturated rings. The number of rotatable bonds is 1. The highest BCUT2D eigenvalue weighted by Gasteiger charge is 1.98. The Balaban J connectivity index is 2.76. The summed E-state index contributed by atoms with van der Waals surface area (Å²) in [4.78, 5) is 8.32. The third kappa shape index (κ3) is 0.888. The van der Waals surface area contributed by atoms with Crippen LogP contribution in [0, 0.1) is 6.92 Å². The van der Waals surface area contributed by atoms with Crippen LogP contribution in [0.1, 0.15) is 0 Å². The Morgan fingerprint density at radius 1 is 1.45 bits per heavy atom. The average Bonchev–Trinajstić information content (AvgIpc) is 2.47. The molecule has 1 radical (unpaired) electrons. The summed E-state index contributed by atoms with van der Waals surface area (Å²) in [6.45, 7) is 4.44. The van der Waals surface area contributed by atoms with Gasteiger partial charge in [-0.1, -0.05) is 0 Å². The molecule has 2 heterocycles. The van der Waals surface area contributed by atoms with Crippen molar-refractivity contribution < 1.29 is 0 Å². The van der Waals surface area contributed by atoms with Crippen LogP contribution in [0.5, 0.6) is 0 Å². The van der Waals surface area contributed by atoms with E-state index in [1.165, 1.54) is 0 Å². The Morgan fingerprint density at radius 3 is 3.18 bits per heavy atom. The molecule has 0 saturated carbocycles. The monoisotopic (exact) mass is 146 g/mol. The van der Waals surface area contributed by atoms with Gasteiger partial charge in [-0.15, -0.1) is 0 Å². The fourth-order valence-corrected chi connectivity index (χ4v) is 1.06. The van der Waals surface area contributed by atoms with Gasteiger partial charge in [0.05, 0.1) is 6.33 Å². The molecule has 11 heavy (non-hydrogen) atoms. The summed E-state index contributed by atoms with van der Waals surface area (Å²) in [7, 11) is 0. The van der Waals surface area contributed by atoms with Crippen LogP contribution in [0.3, 0.4) is 0 Å². The van der Waals surface area contributed by atoms with Gasteiger partial charge in [0.2, 0.25) is 0 Å². The highest BCUT2D eigenvalue weighted by atomic mass is 15.1. The molecule has 55 valence electrons. The topological polar surface area (TPSA) is 30.7 Å². The van der Waals surface area contributed by atoms with E-state index in [2.05, 4.69) is 16.9 Å². The smallest absolute Gasteiger partial charge is 0.159 e. The fraction of sp³-hybridized carbons (Fsp3) is 0.125. The van der Waals surface area contributed by atoms with E-state index >= 15 is 0 Å². The molecule has 3 nitrogen and oxygen atoms in total. The molecule has 0 aromatic carbocycles. The van der Waals surface area contributed by atoms with E-state index in [0.717, 1.165) is 11.2 Å². The van der Waals surface area contributed by atoms with Gasteiger partial charge >= 0.3 is 0 Å². The van der Waals surface area contributed by atoms with Crippen molar-refractivity contribution in [2.45, 2.75) is 6.54 Å². The Bertz CT molecular complexity index is 364. The van der Waals surface area contributed by atoms with Gasteiger partial charge < -0.3 is 4.57 Å². The molecule has 0 unspecified atom stereocenters. The number of pyridine rings is 1. The normalized spacial score (nSPS) is 10.6. The largest absolute Gasteiger partial charge is 0.315 e. The fourth-order valence-electron chi connectivity index (χ4n) is 1.06. The van der Waals surface area contributed by atoms with Crippen molar-refractivity contribution in [3.8, 4) is 0 Å². The maximum Gasteiger partial charge on any atom is 0.159 e. The maximum atomic E-state index is 4.17. The average molecular weight is 146 g/mol. The summed E-state index contributed by atoms with van der Waals surface area (Å²) < 4.78 is 1.91. The molecule has 0 spiro atoms. The van der Waals surface area contributed by atoms with Gasteiger partial charge in [0, 0.05) is 12.7 Å². The standard InChI is InChI=1S/C8H8N3/c1-2-11-6-10-7-4-3-5-9-8(7)11/h3-6H,1-2H2. The second-order valence-corrected chi connectivity index (χ2v) is 2.28.